The largest absolute Gasteiger partial charge is 0.363 e. The molecule has 0 bridgehead atoms. The molecule has 6 heteroatoms. The summed E-state index contributed by atoms with van der Waals surface area (Å²) in [5.41, 5.74) is 2.09. The van der Waals surface area contributed by atoms with Crippen molar-refractivity contribution < 1.29 is 0 Å². The van der Waals surface area contributed by atoms with Gasteiger partial charge in [-0.15, -0.1) is 0 Å². The number of aromatic nitrogens is 2. The second kappa shape index (κ2) is 6.68. The Bertz CT molecular complexity index is 550. The molecule has 0 aliphatic heterocycles. The molecule has 4 nitrogen and oxygen atoms in total. The second-order valence-corrected chi connectivity index (χ2v) is 5.36. The summed E-state index contributed by atoms with van der Waals surface area (Å²) in [4.78, 5) is 0. The van der Waals surface area contributed by atoms with E-state index in [2.05, 4.69) is 43.8 Å². The zero-order valence-corrected chi connectivity index (χ0v) is 13.0. The molecule has 0 atom stereocenters. The number of thiocarbonyl (C=S) groups is 1. The van der Waals surface area contributed by atoms with Gasteiger partial charge in [-0.3, -0.25) is 4.68 Å². The minimum Gasteiger partial charge on any atom is -0.363 e. The van der Waals surface area contributed by atoms with Gasteiger partial charge in [0.25, 0.3) is 0 Å². The molecular formula is C13H15BrN4S. The van der Waals surface area contributed by atoms with Gasteiger partial charge in [0.2, 0.25) is 0 Å². The quantitative estimate of drug-likeness (QED) is 0.841. The molecule has 0 saturated heterocycles. The Morgan fingerprint density at radius 3 is 2.79 bits per heavy atom. The van der Waals surface area contributed by atoms with Crippen LogP contribution >= 0.6 is 28.1 Å². The lowest BCUT2D eigenvalue weighted by Gasteiger charge is -2.05. The topological polar surface area (TPSA) is 41.9 Å². The molecule has 100 valence electrons. The number of rotatable bonds is 4. The van der Waals surface area contributed by atoms with Crippen molar-refractivity contribution in [3.8, 4) is 0 Å². The Morgan fingerprint density at radius 1 is 1.37 bits per heavy atom. The predicted octanol–water partition coefficient (Wildman–Crippen LogP) is 3.00. The van der Waals surface area contributed by atoms with Crippen molar-refractivity contribution in [2.75, 3.05) is 11.9 Å². The molecule has 1 heterocycles. The Kier molecular flexibility index (Phi) is 4.93. The highest BCUT2D eigenvalue weighted by Crippen LogP contribution is 2.12. The van der Waals surface area contributed by atoms with E-state index < -0.39 is 0 Å². The second-order valence-electron chi connectivity index (χ2n) is 4.04. The third-order valence-electron chi connectivity index (χ3n) is 2.49. The highest BCUT2D eigenvalue weighted by molar-refractivity contribution is 9.10. The molecule has 19 heavy (non-hydrogen) atoms. The fourth-order valence-electron chi connectivity index (χ4n) is 1.63. The van der Waals surface area contributed by atoms with Crippen molar-refractivity contribution in [1.82, 2.24) is 15.1 Å². The lowest BCUT2D eigenvalue weighted by Crippen LogP contribution is -2.27. The number of anilines is 1. The Morgan fingerprint density at radius 2 is 2.11 bits per heavy atom. The maximum Gasteiger partial charge on any atom is 0.170 e. The molecule has 1 aromatic heterocycles. The van der Waals surface area contributed by atoms with E-state index in [-0.39, 0.29) is 0 Å². The summed E-state index contributed by atoms with van der Waals surface area (Å²) in [5, 5.41) is 11.0. The van der Waals surface area contributed by atoms with E-state index in [1.807, 2.05) is 29.9 Å². The number of benzene rings is 1. The van der Waals surface area contributed by atoms with Crippen LogP contribution < -0.4 is 10.6 Å². The van der Waals surface area contributed by atoms with E-state index in [0.717, 1.165) is 23.2 Å². The number of hydrogen-bond donors (Lipinski definition) is 2. The van der Waals surface area contributed by atoms with Gasteiger partial charge in [0.15, 0.2) is 5.11 Å². The standard InChI is InChI=1S/C13H15BrN4S/c1-2-15-13(19)17-12-7-16-18(9-12)8-10-3-5-11(14)6-4-10/h3-7,9H,2,8H2,1H3,(H2,15,17,19). The molecule has 0 aliphatic carbocycles. The first-order valence-corrected chi connectivity index (χ1v) is 7.19. The van der Waals surface area contributed by atoms with Crippen LogP contribution in [0.1, 0.15) is 12.5 Å². The molecule has 2 aromatic rings. The van der Waals surface area contributed by atoms with Crippen molar-refractivity contribution >= 4 is 38.9 Å². The summed E-state index contributed by atoms with van der Waals surface area (Å²) in [6, 6.07) is 8.20. The first-order chi connectivity index (χ1) is 9.17. The zero-order chi connectivity index (χ0) is 13.7. The molecule has 0 amide bonds. The van der Waals surface area contributed by atoms with E-state index in [4.69, 9.17) is 12.2 Å². The van der Waals surface area contributed by atoms with Gasteiger partial charge < -0.3 is 10.6 Å². The molecule has 0 saturated carbocycles. The minimum atomic E-state index is 0.616. The van der Waals surface area contributed by atoms with Crippen molar-refractivity contribution in [3.63, 3.8) is 0 Å². The number of hydrogen-bond acceptors (Lipinski definition) is 2. The van der Waals surface area contributed by atoms with Gasteiger partial charge in [0.1, 0.15) is 0 Å². The molecule has 2 N–H and O–H groups in total. The number of nitrogens with one attached hydrogen (secondary N) is 2. The molecule has 0 radical (unpaired) electrons. The van der Waals surface area contributed by atoms with Gasteiger partial charge in [-0.05, 0) is 36.8 Å². The highest BCUT2D eigenvalue weighted by atomic mass is 79.9. The Hall–Kier alpha value is -1.40. The first-order valence-electron chi connectivity index (χ1n) is 5.99. The smallest absolute Gasteiger partial charge is 0.170 e. The van der Waals surface area contributed by atoms with Crippen LogP contribution in [-0.4, -0.2) is 21.4 Å². The summed E-state index contributed by atoms with van der Waals surface area (Å²) < 4.78 is 2.95. The van der Waals surface area contributed by atoms with E-state index in [0.29, 0.717) is 5.11 Å². The van der Waals surface area contributed by atoms with Crippen molar-refractivity contribution in [3.05, 3.63) is 46.7 Å². The maximum absolute atomic E-state index is 5.12. The van der Waals surface area contributed by atoms with Gasteiger partial charge in [0.05, 0.1) is 18.4 Å². The van der Waals surface area contributed by atoms with Crippen LogP contribution in [0.5, 0.6) is 0 Å². The van der Waals surface area contributed by atoms with Crippen LogP contribution in [0.2, 0.25) is 0 Å². The van der Waals surface area contributed by atoms with Crippen molar-refractivity contribution in [2.45, 2.75) is 13.5 Å². The van der Waals surface area contributed by atoms with Gasteiger partial charge in [0, 0.05) is 17.2 Å². The third kappa shape index (κ3) is 4.33. The van der Waals surface area contributed by atoms with E-state index in [1.54, 1.807) is 6.20 Å². The average Bonchev–Trinajstić information content (AvgIpc) is 2.80. The SMILES string of the molecule is CCNC(=S)Nc1cnn(Cc2ccc(Br)cc2)c1. The van der Waals surface area contributed by atoms with Gasteiger partial charge in [-0.2, -0.15) is 5.10 Å². The van der Waals surface area contributed by atoms with Crippen LogP contribution in [0.15, 0.2) is 41.1 Å². The fraction of sp³-hybridized carbons (Fsp3) is 0.231. The highest BCUT2D eigenvalue weighted by Gasteiger charge is 2.01. The van der Waals surface area contributed by atoms with E-state index in [1.165, 1.54) is 5.56 Å². The normalized spacial score (nSPS) is 10.2. The zero-order valence-electron chi connectivity index (χ0n) is 10.6. The molecule has 0 aliphatic rings. The Balaban J connectivity index is 1.97. The van der Waals surface area contributed by atoms with Crippen LogP contribution in [0.4, 0.5) is 5.69 Å². The summed E-state index contributed by atoms with van der Waals surface area (Å²) in [7, 11) is 0. The third-order valence-corrected chi connectivity index (χ3v) is 3.26. The summed E-state index contributed by atoms with van der Waals surface area (Å²) in [6.07, 6.45) is 3.70. The first kappa shape index (κ1) is 14.0. The fourth-order valence-corrected chi connectivity index (χ4v) is 2.15. The van der Waals surface area contributed by atoms with Crippen LogP contribution in [0, 0.1) is 0 Å². The molecule has 0 unspecified atom stereocenters. The molecule has 0 fully saturated rings. The summed E-state index contributed by atoms with van der Waals surface area (Å²) >= 11 is 8.55. The van der Waals surface area contributed by atoms with Crippen LogP contribution in [0.3, 0.4) is 0 Å². The summed E-state index contributed by atoms with van der Waals surface area (Å²) in [5.74, 6) is 0. The molecule has 0 spiro atoms. The van der Waals surface area contributed by atoms with E-state index >= 15 is 0 Å². The minimum absolute atomic E-state index is 0.616. The van der Waals surface area contributed by atoms with Crippen molar-refractivity contribution in [1.29, 1.82) is 0 Å². The lowest BCUT2D eigenvalue weighted by molar-refractivity contribution is 0.687. The monoisotopic (exact) mass is 338 g/mol. The molecule has 1 aromatic carbocycles. The average molecular weight is 339 g/mol. The number of nitrogens with zero attached hydrogens (tertiary/aromatic N) is 2. The van der Waals surface area contributed by atoms with Crippen molar-refractivity contribution in [2.24, 2.45) is 0 Å². The van der Waals surface area contributed by atoms with Gasteiger partial charge >= 0.3 is 0 Å². The molecule has 2 rings (SSSR count). The Labute approximate surface area is 126 Å². The predicted molar refractivity (Wildman–Crippen MR) is 85.4 cm³/mol. The van der Waals surface area contributed by atoms with Crippen LogP contribution in [-0.2, 0) is 6.54 Å². The van der Waals surface area contributed by atoms with Gasteiger partial charge in [-0.25, -0.2) is 0 Å². The number of halogens is 1. The van der Waals surface area contributed by atoms with E-state index in [9.17, 15) is 0 Å². The van der Waals surface area contributed by atoms with Gasteiger partial charge in [-0.1, -0.05) is 28.1 Å². The lowest BCUT2D eigenvalue weighted by atomic mass is 10.2. The summed E-state index contributed by atoms with van der Waals surface area (Å²) in [6.45, 7) is 3.55. The maximum atomic E-state index is 5.12. The van der Waals surface area contributed by atoms with Crippen LogP contribution in [0.25, 0.3) is 0 Å². The molecular weight excluding hydrogens is 324 g/mol.